The number of aryl methyl sites for hydroxylation is 2. The van der Waals surface area contributed by atoms with Crippen molar-refractivity contribution < 1.29 is 9.59 Å². The molecule has 1 heterocycles. The lowest BCUT2D eigenvalue weighted by atomic mass is 10.0. The van der Waals surface area contributed by atoms with Gasteiger partial charge in [0.15, 0.2) is 0 Å². The molecule has 4 nitrogen and oxygen atoms in total. The minimum absolute atomic E-state index is 0.0932. The lowest BCUT2D eigenvalue weighted by Gasteiger charge is -2.21. The van der Waals surface area contributed by atoms with Crippen LogP contribution in [0.1, 0.15) is 52.7 Å². The molecule has 2 aliphatic rings. The first kappa shape index (κ1) is 17.8. The fraction of sp³-hybridized carbons (Fsp3) is 0.391. The molecule has 27 heavy (non-hydrogen) atoms. The van der Waals surface area contributed by atoms with Gasteiger partial charge < -0.3 is 10.2 Å². The van der Waals surface area contributed by atoms with Crippen LogP contribution in [0.4, 0.5) is 11.4 Å². The summed E-state index contributed by atoms with van der Waals surface area (Å²) in [7, 11) is 0. The van der Waals surface area contributed by atoms with Crippen LogP contribution in [0.25, 0.3) is 0 Å². The SMILES string of the molecule is Cc1ccc(C(=O)Nc2ccc3c(c2)CCN3C(=O)C2CCCC2)c(C)c1. The maximum atomic E-state index is 12.8. The highest BCUT2D eigenvalue weighted by Crippen LogP contribution is 2.35. The van der Waals surface area contributed by atoms with Gasteiger partial charge in [0.2, 0.25) is 5.91 Å². The Labute approximate surface area is 160 Å². The number of hydrogen-bond acceptors (Lipinski definition) is 2. The molecule has 4 heteroatoms. The van der Waals surface area contributed by atoms with E-state index in [0.29, 0.717) is 5.56 Å². The molecule has 4 rings (SSSR count). The summed E-state index contributed by atoms with van der Waals surface area (Å²) in [5.41, 5.74) is 5.75. The molecule has 2 aromatic rings. The van der Waals surface area contributed by atoms with E-state index in [9.17, 15) is 9.59 Å². The van der Waals surface area contributed by atoms with E-state index in [-0.39, 0.29) is 17.7 Å². The summed E-state index contributed by atoms with van der Waals surface area (Å²) in [6.07, 6.45) is 5.23. The van der Waals surface area contributed by atoms with E-state index in [0.717, 1.165) is 53.9 Å². The first-order valence-corrected chi connectivity index (χ1v) is 9.86. The van der Waals surface area contributed by atoms with Gasteiger partial charge in [-0.2, -0.15) is 0 Å². The quantitative estimate of drug-likeness (QED) is 0.865. The van der Waals surface area contributed by atoms with E-state index in [2.05, 4.69) is 5.32 Å². The summed E-state index contributed by atoms with van der Waals surface area (Å²) in [4.78, 5) is 27.3. The van der Waals surface area contributed by atoms with E-state index in [1.807, 2.05) is 55.1 Å². The average Bonchev–Trinajstić information content (AvgIpc) is 3.30. The summed E-state index contributed by atoms with van der Waals surface area (Å²) in [6.45, 7) is 4.73. The van der Waals surface area contributed by atoms with Crippen molar-refractivity contribution in [2.24, 2.45) is 5.92 Å². The van der Waals surface area contributed by atoms with Gasteiger partial charge in [-0.25, -0.2) is 0 Å². The standard InChI is InChI=1S/C23H26N2O2/c1-15-7-9-20(16(2)13-15)22(26)24-19-8-10-21-18(14-19)11-12-25(21)23(27)17-5-3-4-6-17/h7-10,13-14,17H,3-6,11-12H2,1-2H3,(H,24,26). The highest BCUT2D eigenvalue weighted by Gasteiger charge is 2.31. The fourth-order valence-electron chi connectivity index (χ4n) is 4.37. The highest BCUT2D eigenvalue weighted by molar-refractivity contribution is 6.05. The minimum Gasteiger partial charge on any atom is -0.322 e. The predicted octanol–water partition coefficient (Wildman–Crippen LogP) is 4.64. The van der Waals surface area contributed by atoms with Crippen LogP contribution in [0.15, 0.2) is 36.4 Å². The Morgan fingerprint density at radius 3 is 2.56 bits per heavy atom. The van der Waals surface area contributed by atoms with Gasteiger partial charge in [0.05, 0.1) is 0 Å². The van der Waals surface area contributed by atoms with Crippen LogP contribution in [0, 0.1) is 19.8 Å². The lowest BCUT2D eigenvalue weighted by molar-refractivity contribution is -0.122. The van der Waals surface area contributed by atoms with Gasteiger partial charge in [-0.05, 0) is 68.5 Å². The van der Waals surface area contributed by atoms with E-state index >= 15 is 0 Å². The van der Waals surface area contributed by atoms with Crippen molar-refractivity contribution in [3.8, 4) is 0 Å². The van der Waals surface area contributed by atoms with Gasteiger partial charge in [0, 0.05) is 29.4 Å². The molecule has 1 aliphatic heterocycles. The number of carbonyl (C=O) groups is 2. The molecule has 0 aromatic heterocycles. The Morgan fingerprint density at radius 1 is 1.04 bits per heavy atom. The summed E-state index contributed by atoms with van der Waals surface area (Å²) >= 11 is 0. The number of benzene rings is 2. The van der Waals surface area contributed by atoms with E-state index < -0.39 is 0 Å². The number of amides is 2. The van der Waals surface area contributed by atoms with Crippen LogP contribution in [-0.4, -0.2) is 18.4 Å². The maximum Gasteiger partial charge on any atom is 0.255 e. The smallest absolute Gasteiger partial charge is 0.255 e. The monoisotopic (exact) mass is 362 g/mol. The molecule has 0 saturated heterocycles. The zero-order valence-corrected chi connectivity index (χ0v) is 16.0. The van der Waals surface area contributed by atoms with Crippen molar-refractivity contribution in [1.82, 2.24) is 0 Å². The van der Waals surface area contributed by atoms with Gasteiger partial charge >= 0.3 is 0 Å². The van der Waals surface area contributed by atoms with E-state index in [1.165, 1.54) is 12.8 Å². The van der Waals surface area contributed by atoms with Gasteiger partial charge in [-0.15, -0.1) is 0 Å². The second-order valence-electron chi connectivity index (χ2n) is 7.84. The molecule has 140 valence electrons. The Bertz CT molecular complexity index is 897. The lowest BCUT2D eigenvalue weighted by Crippen LogP contribution is -2.33. The van der Waals surface area contributed by atoms with Crippen molar-refractivity contribution in [2.45, 2.75) is 46.0 Å². The normalized spacial score (nSPS) is 16.4. The third kappa shape index (κ3) is 3.48. The number of carbonyl (C=O) groups excluding carboxylic acids is 2. The van der Waals surface area contributed by atoms with Crippen LogP contribution in [0.5, 0.6) is 0 Å². The second-order valence-corrected chi connectivity index (χ2v) is 7.84. The molecule has 1 fully saturated rings. The second kappa shape index (κ2) is 7.18. The molecule has 2 amide bonds. The topological polar surface area (TPSA) is 49.4 Å². The third-order valence-electron chi connectivity index (χ3n) is 5.83. The molecule has 0 atom stereocenters. The molecule has 2 aromatic carbocycles. The summed E-state index contributed by atoms with van der Waals surface area (Å²) in [6, 6.07) is 11.7. The van der Waals surface area contributed by atoms with Gasteiger partial charge in [-0.3, -0.25) is 9.59 Å². The molecular formula is C23H26N2O2. The van der Waals surface area contributed by atoms with Crippen LogP contribution in [0.3, 0.4) is 0 Å². The highest BCUT2D eigenvalue weighted by atomic mass is 16.2. The van der Waals surface area contributed by atoms with Crippen LogP contribution < -0.4 is 10.2 Å². The number of nitrogens with zero attached hydrogens (tertiary/aromatic N) is 1. The number of hydrogen-bond donors (Lipinski definition) is 1. The minimum atomic E-state index is -0.0932. The number of anilines is 2. The zero-order valence-electron chi connectivity index (χ0n) is 16.0. The zero-order chi connectivity index (χ0) is 19.0. The third-order valence-corrected chi connectivity index (χ3v) is 5.83. The Kier molecular flexibility index (Phi) is 4.73. The average molecular weight is 362 g/mol. The van der Waals surface area contributed by atoms with Crippen LogP contribution in [-0.2, 0) is 11.2 Å². The maximum absolute atomic E-state index is 12.8. The number of rotatable bonds is 3. The Morgan fingerprint density at radius 2 is 1.81 bits per heavy atom. The summed E-state index contributed by atoms with van der Waals surface area (Å²) < 4.78 is 0. The van der Waals surface area contributed by atoms with Gasteiger partial charge in [0.1, 0.15) is 0 Å². The van der Waals surface area contributed by atoms with Crippen molar-refractivity contribution in [3.63, 3.8) is 0 Å². The molecule has 0 bridgehead atoms. The molecule has 1 N–H and O–H groups in total. The molecule has 1 aliphatic carbocycles. The first-order chi connectivity index (χ1) is 13.0. The Balaban J connectivity index is 1.50. The first-order valence-electron chi connectivity index (χ1n) is 9.86. The van der Waals surface area contributed by atoms with Crippen molar-refractivity contribution >= 4 is 23.2 Å². The van der Waals surface area contributed by atoms with Gasteiger partial charge in [-0.1, -0.05) is 30.5 Å². The van der Waals surface area contributed by atoms with Crippen LogP contribution in [0.2, 0.25) is 0 Å². The van der Waals surface area contributed by atoms with Crippen LogP contribution >= 0.6 is 0 Å². The van der Waals surface area contributed by atoms with Gasteiger partial charge in [0.25, 0.3) is 5.91 Å². The molecule has 0 spiro atoms. The number of fused-ring (bicyclic) bond motifs is 1. The molecular weight excluding hydrogens is 336 g/mol. The fourth-order valence-corrected chi connectivity index (χ4v) is 4.37. The van der Waals surface area contributed by atoms with E-state index in [4.69, 9.17) is 0 Å². The Hall–Kier alpha value is -2.62. The summed E-state index contributed by atoms with van der Waals surface area (Å²) in [5, 5.41) is 3.01. The molecule has 1 saturated carbocycles. The number of nitrogens with one attached hydrogen (secondary N) is 1. The van der Waals surface area contributed by atoms with E-state index in [1.54, 1.807) is 0 Å². The predicted molar refractivity (Wildman–Crippen MR) is 108 cm³/mol. The van der Waals surface area contributed by atoms with Crippen molar-refractivity contribution in [3.05, 3.63) is 58.7 Å². The summed E-state index contributed by atoms with van der Waals surface area (Å²) in [5.74, 6) is 0.377. The molecule has 0 unspecified atom stereocenters. The van der Waals surface area contributed by atoms with Crippen molar-refractivity contribution in [2.75, 3.05) is 16.8 Å². The van der Waals surface area contributed by atoms with Crippen molar-refractivity contribution in [1.29, 1.82) is 0 Å². The molecule has 0 radical (unpaired) electrons. The largest absolute Gasteiger partial charge is 0.322 e.